The van der Waals surface area contributed by atoms with Gasteiger partial charge in [-0.3, -0.25) is 4.79 Å². The molecule has 1 aliphatic rings. The summed E-state index contributed by atoms with van der Waals surface area (Å²) in [6.07, 6.45) is 1.62. The van der Waals surface area contributed by atoms with Gasteiger partial charge in [-0.25, -0.2) is 4.79 Å². The zero-order valence-electron chi connectivity index (χ0n) is 10.8. The maximum atomic E-state index is 12.1. The standard InChI is InChI=1S/C12H22N2O4/c1-2-13(8-5-11(16)17)12(18)14-6-3-10(9-15)4-7-14/h10,15H,2-9H2,1H3,(H,16,17). The highest BCUT2D eigenvalue weighted by molar-refractivity contribution is 5.75. The van der Waals surface area contributed by atoms with Crippen LogP contribution >= 0.6 is 0 Å². The Morgan fingerprint density at radius 3 is 2.39 bits per heavy atom. The van der Waals surface area contributed by atoms with Crippen molar-refractivity contribution in [3.05, 3.63) is 0 Å². The third-order valence-electron chi connectivity index (χ3n) is 3.39. The quantitative estimate of drug-likeness (QED) is 0.757. The molecule has 1 saturated heterocycles. The summed E-state index contributed by atoms with van der Waals surface area (Å²) in [6, 6.07) is -0.0878. The predicted octanol–water partition coefficient (Wildman–Crippen LogP) is 0.607. The van der Waals surface area contributed by atoms with Gasteiger partial charge in [0.15, 0.2) is 0 Å². The van der Waals surface area contributed by atoms with E-state index in [1.165, 1.54) is 0 Å². The van der Waals surface area contributed by atoms with Gasteiger partial charge in [0.05, 0.1) is 6.42 Å². The summed E-state index contributed by atoms with van der Waals surface area (Å²) in [5.41, 5.74) is 0. The number of aliphatic carboxylic acids is 1. The maximum absolute atomic E-state index is 12.1. The molecule has 0 saturated carbocycles. The van der Waals surface area contributed by atoms with Gasteiger partial charge in [-0.05, 0) is 25.7 Å². The van der Waals surface area contributed by atoms with E-state index in [0.717, 1.165) is 12.8 Å². The summed E-state index contributed by atoms with van der Waals surface area (Å²) in [5.74, 6) is -0.594. The highest BCUT2D eigenvalue weighted by atomic mass is 16.4. The second-order valence-electron chi connectivity index (χ2n) is 4.62. The number of carbonyl (C=O) groups is 2. The van der Waals surface area contributed by atoms with Crippen molar-refractivity contribution in [2.24, 2.45) is 5.92 Å². The van der Waals surface area contributed by atoms with Crippen LogP contribution < -0.4 is 0 Å². The van der Waals surface area contributed by atoms with Crippen molar-refractivity contribution in [2.45, 2.75) is 26.2 Å². The number of hydrogen-bond donors (Lipinski definition) is 2. The van der Waals surface area contributed by atoms with Crippen LogP contribution in [0.3, 0.4) is 0 Å². The number of hydrogen-bond acceptors (Lipinski definition) is 3. The van der Waals surface area contributed by atoms with Gasteiger partial charge >= 0.3 is 12.0 Å². The summed E-state index contributed by atoms with van der Waals surface area (Å²) in [7, 11) is 0. The Labute approximate surface area is 107 Å². The Morgan fingerprint density at radius 2 is 1.94 bits per heavy atom. The minimum absolute atomic E-state index is 0.0211. The Kier molecular flexibility index (Phi) is 5.91. The van der Waals surface area contributed by atoms with Crippen molar-refractivity contribution in [3.8, 4) is 0 Å². The minimum Gasteiger partial charge on any atom is -0.481 e. The van der Waals surface area contributed by atoms with Crippen LogP contribution in [0.15, 0.2) is 0 Å². The topological polar surface area (TPSA) is 81.1 Å². The third kappa shape index (κ3) is 4.18. The third-order valence-corrected chi connectivity index (χ3v) is 3.39. The maximum Gasteiger partial charge on any atom is 0.320 e. The van der Waals surface area contributed by atoms with Crippen molar-refractivity contribution in [3.63, 3.8) is 0 Å². The van der Waals surface area contributed by atoms with Crippen LogP contribution in [0.2, 0.25) is 0 Å². The monoisotopic (exact) mass is 258 g/mol. The van der Waals surface area contributed by atoms with E-state index in [-0.39, 0.29) is 25.6 Å². The van der Waals surface area contributed by atoms with Gasteiger partial charge in [0.1, 0.15) is 0 Å². The summed E-state index contributed by atoms with van der Waals surface area (Å²) in [6.45, 7) is 4.09. The van der Waals surface area contributed by atoms with Gasteiger partial charge in [0.2, 0.25) is 0 Å². The zero-order valence-corrected chi connectivity index (χ0v) is 10.8. The number of rotatable bonds is 5. The van der Waals surface area contributed by atoms with Crippen LogP contribution in [0.1, 0.15) is 26.2 Å². The lowest BCUT2D eigenvalue weighted by Crippen LogP contribution is -2.47. The van der Waals surface area contributed by atoms with Crippen molar-refractivity contribution in [1.29, 1.82) is 0 Å². The molecule has 6 heteroatoms. The number of carbonyl (C=O) groups excluding carboxylic acids is 1. The van der Waals surface area contributed by atoms with Crippen molar-refractivity contribution >= 4 is 12.0 Å². The first-order valence-electron chi connectivity index (χ1n) is 6.45. The highest BCUT2D eigenvalue weighted by Crippen LogP contribution is 2.17. The molecule has 1 rings (SSSR count). The number of likely N-dealkylation sites (tertiary alicyclic amines) is 1. The summed E-state index contributed by atoms with van der Waals surface area (Å²) >= 11 is 0. The van der Waals surface area contributed by atoms with E-state index in [0.29, 0.717) is 25.6 Å². The number of piperidine rings is 1. The van der Waals surface area contributed by atoms with E-state index in [9.17, 15) is 9.59 Å². The molecule has 2 amide bonds. The van der Waals surface area contributed by atoms with Gasteiger partial charge in [-0.15, -0.1) is 0 Å². The lowest BCUT2D eigenvalue weighted by molar-refractivity contribution is -0.137. The molecule has 18 heavy (non-hydrogen) atoms. The molecular weight excluding hydrogens is 236 g/mol. The average molecular weight is 258 g/mol. The lowest BCUT2D eigenvalue weighted by Gasteiger charge is -2.34. The van der Waals surface area contributed by atoms with E-state index in [1.54, 1.807) is 9.80 Å². The minimum atomic E-state index is -0.889. The fraction of sp³-hybridized carbons (Fsp3) is 0.833. The van der Waals surface area contributed by atoms with E-state index in [1.807, 2.05) is 6.92 Å². The van der Waals surface area contributed by atoms with Crippen molar-refractivity contribution < 1.29 is 19.8 Å². The predicted molar refractivity (Wildman–Crippen MR) is 66.3 cm³/mol. The number of aliphatic hydroxyl groups excluding tert-OH is 1. The molecule has 6 nitrogen and oxygen atoms in total. The molecule has 0 radical (unpaired) electrons. The number of aliphatic hydroxyl groups is 1. The molecule has 0 aromatic rings. The first kappa shape index (κ1) is 14.8. The molecule has 104 valence electrons. The van der Waals surface area contributed by atoms with Gasteiger partial charge in [0.25, 0.3) is 0 Å². The summed E-state index contributed by atoms with van der Waals surface area (Å²) < 4.78 is 0. The number of carboxylic acids is 1. The Bertz CT molecular complexity index is 288. The van der Waals surface area contributed by atoms with Crippen molar-refractivity contribution in [2.75, 3.05) is 32.8 Å². The van der Waals surface area contributed by atoms with Gasteiger partial charge in [-0.2, -0.15) is 0 Å². The first-order chi connectivity index (χ1) is 8.58. The number of nitrogens with zero attached hydrogens (tertiary/aromatic N) is 2. The molecule has 0 aromatic heterocycles. The first-order valence-corrected chi connectivity index (χ1v) is 6.45. The van der Waals surface area contributed by atoms with E-state index < -0.39 is 5.97 Å². The molecule has 0 aromatic carbocycles. The lowest BCUT2D eigenvalue weighted by atomic mass is 9.98. The van der Waals surface area contributed by atoms with Gasteiger partial charge in [0, 0.05) is 32.8 Å². The molecule has 0 aliphatic carbocycles. The average Bonchev–Trinajstić information content (AvgIpc) is 2.39. The number of carboxylic acid groups (broad SMARTS) is 1. The Morgan fingerprint density at radius 1 is 1.33 bits per heavy atom. The summed E-state index contributed by atoms with van der Waals surface area (Å²) in [5, 5.41) is 17.7. The summed E-state index contributed by atoms with van der Waals surface area (Å²) in [4.78, 5) is 26.0. The van der Waals surface area contributed by atoms with Crippen LogP contribution in [0.5, 0.6) is 0 Å². The SMILES string of the molecule is CCN(CCC(=O)O)C(=O)N1CCC(CO)CC1. The molecule has 0 atom stereocenters. The molecule has 1 heterocycles. The Balaban J connectivity index is 2.44. The van der Waals surface area contributed by atoms with Crippen LogP contribution in [0, 0.1) is 5.92 Å². The molecule has 1 fully saturated rings. The zero-order chi connectivity index (χ0) is 13.5. The van der Waals surface area contributed by atoms with E-state index in [2.05, 4.69) is 0 Å². The smallest absolute Gasteiger partial charge is 0.320 e. The fourth-order valence-electron chi connectivity index (χ4n) is 2.13. The number of urea groups is 1. The number of amides is 2. The largest absolute Gasteiger partial charge is 0.481 e. The second kappa shape index (κ2) is 7.20. The fourth-order valence-corrected chi connectivity index (χ4v) is 2.13. The second-order valence-corrected chi connectivity index (χ2v) is 4.62. The highest BCUT2D eigenvalue weighted by Gasteiger charge is 2.25. The molecule has 0 spiro atoms. The van der Waals surface area contributed by atoms with Gasteiger partial charge < -0.3 is 20.0 Å². The molecule has 0 unspecified atom stereocenters. The van der Waals surface area contributed by atoms with Gasteiger partial charge in [-0.1, -0.05) is 0 Å². The molecule has 1 aliphatic heterocycles. The van der Waals surface area contributed by atoms with Crippen LogP contribution in [0.25, 0.3) is 0 Å². The van der Waals surface area contributed by atoms with E-state index in [4.69, 9.17) is 10.2 Å². The van der Waals surface area contributed by atoms with Crippen LogP contribution in [-0.2, 0) is 4.79 Å². The normalized spacial score (nSPS) is 16.7. The Hall–Kier alpha value is -1.30. The molecule has 2 N–H and O–H groups in total. The molecule has 0 bridgehead atoms. The van der Waals surface area contributed by atoms with E-state index >= 15 is 0 Å². The van der Waals surface area contributed by atoms with Crippen molar-refractivity contribution in [1.82, 2.24) is 9.80 Å². The molecular formula is C12H22N2O4. The van der Waals surface area contributed by atoms with Crippen LogP contribution in [-0.4, -0.2) is 64.8 Å². The van der Waals surface area contributed by atoms with Crippen LogP contribution in [0.4, 0.5) is 4.79 Å².